The van der Waals surface area contributed by atoms with Crippen molar-refractivity contribution in [2.45, 2.75) is 25.8 Å². The first-order valence-electron chi connectivity index (χ1n) is 6.83. The normalized spacial score (nSPS) is 18.8. The number of ether oxygens (including phenoxy) is 1. The Morgan fingerprint density at radius 3 is 2.65 bits per heavy atom. The lowest BCUT2D eigenvalue weighted by molar-refractivity contribution is -0.143. The predicted octanol–water partition coefficient (Wildman–Crippen LogP) is 3.32. The molecular formula is C15H20BrNO3. The Hall–Kier alpha value is -1.07. The van der Waals surface area contributed by atoms with Gasteiger partial charge in [0, 0.05) is 16.1 Å². The van der Waals surface area contributed by atoms with E-state index >= 15 is 0 Å². The van der Waals surface area contributed by atoms with Gasteiger partial charge in [0.2, 0.25) is 0 Å². The number of rotatable bonds is 4. The van der Waals surface area contributed by atoms with Crippen molar-refractivity contribution < 1.29 is 14.6 Å². The summed E-state index contributed by atoms with van der Waals surface area (Å²) in [6.45, 7) is 3.77. The highest BCUT2D eigenvalue weighted by molar-refractivity contribution is 9.10. The molecule has 0 radical (unpaired) electrons. The zero-order chi connectivity index (χ0) is 14.7. The maximum atomic E-state index is 11.0. The monoisotopic (exact) mass is 341 g/mol. The Bertz CT molecular complexity index is 484. The van der Waals surface area contributed by atoms with Gasteiger partial charge in [-0.15, -0.1) is 0 Å². The van der Waals surface area contributed by atoms with Crippen molar-refractivity contribution in [3.8, 4) is 5.75 Å². The lowest BCUT2D eigenvalue weighted by Gasteiger charge is -2.35. The molecule has 0 aromatic heterocycles. The first kappa shape index (κ1) is 15.3. The molecule has 4 nitrogen and oxygen atoms in total. The van der Waals surface area contributed by atoms with Gasteiger partial charge in [0.15, 0.2) is 0 Å². The van der Waals surface area contributed by atoms with Crippen LogP contribution in [-0.2, 0) is 4.79 Å². The fourth-order valence-electron chi connectivity index (χ4n) is 2.76. The highest BCUT2D eigenvalue weighted by Gasteiger charge is 2.28. The molecule has 1 aliphatic rings. The second kappa shape index (κ2) is 6.59. The van der Waals surface area contributed by atoms with Gasteiger partial charge in [0.05, 0.1) is 13.0 Å². The lowest BCUT2D eigenvalue weighted by atomic mass is 9.94. The van der Waals surface area contributed by atoms with Crippen LogP contribution in [0.25, 0.3) is 0 Å². The highest BCUT2D eigenvalue weighted by Crippen LogP contribution is 2.33. The number of carboxylic acids is 1. The van der Waals surface area contributed by atoms with Crippen molar-refractivity contribution in [2.24, 2.45) is 5.92 Å². The van der Waals surface area contributed by atoms with Crippen LogP contribution >= 0.6 is 15.9 Å². The molecule has 1 aromatic rings. The van der Waals surface area contributed by atoms with Crippen LogP contribution in [0.3, 0.4) is 0 Å². The summed E-state index contributed by atoms with van der Waals surface area (Å²) in [6.07, 6.45) is 1.44. The minimum atomic E-state index is -0.669. The van der Waals surface area contributed by atoms with Crippen LogP contribution in [0.1, 0.15) is 31.4 Å². The van der Waals surface area contributed by atoms with Gasteiger partial charge in [0.25, 0.3) is 0 Å². The summed E-state index contributed by atoms with van der Waals surface area (Å²) in [5, 5.41) is 9.05. The zero-order valence-corrected chi connectivity index (χ0v) is 13.4. The van der Waals surface area contributed by atoms with Gasteiger partial charge >= 0.3 is 5.97 Å². The number of piperidine rings is 1. The van der Waals surface area contributed by atoms with E-state index in [1.165, 1.54) is 0 Å². The van der Waals surface area contributed by atoms with E-state index in [9.17, 15) is 4.79 Å². The molecule has 0 spiro atoms. The summed E-state index contributed by atoms with van der Waals surface area (Å²) in [4.78, 5) is 13.3. The van der Waals surface area contributed by atoms with Gasteiger partial charge in [-0.1, -0.05) is 15.9 Å². The van der Waals surface area contributed by atoms with E-state index in [0.29, 0.717) is 0 Å². The molecule has 1 unspecified atom stereocenters. The van der Waals surface area contributed by atoms with Crippen molar-refractivity contribution in [1.29, 1.82) is 0 Å². The number of likely N-dealkylation sites (tertiary alicyclic amines) is 1. The van der Waals surface area contributed by atoms with Crippen LogP contribution in [0.2, 0.25) is 0 Å². The number of nitrogens with zero attached hydrogens (tertiary/aromatic N) is 1. The maximum Gasteiger partial charge on any atom is 0.306 e. The second-order valence-corrected chi connectivity index (χ2v) is 6.13. The van der Waals surface area contributed by atoms with E-state index in [4.69, 9.17) is 9.84 Å². The minimum absolute atomic E-state index is 0.192. The highest BCUT2D eigenvalue weighted by atomic mass is 79.9. The quantitative estimate of drug-likeness (QED) is 0.912. The van der Waals surface area contributed by atoms with Gasteiger partial charge in [-0.05, 0) is 51.1 Å². The second-order valence-electron chi connectivity index (χ2n) is 5.21. The van der Waals surface area contributed by atoms with E-state index in [1.807, 2.05) is 12.1 Å². The number of halogens is 1. The average Bonchev–Trinajstić information content (AvgIpc) is 2.46. The van der Waals surface area contributed by atoms with Gasteiger partial charge < -0.3 is 9.84 Å². The summed E-state index contributed by atoms with van der Waals surface area (Å²) in [5.41, 5.74) is 1.13. The fourth-order valence-corrected chi connectivity index (χ4v) is 3.14. The Kier molecular flexibility index (Phi) is 5.05. The molecule has 1 aromatic carbocycles. The molecule has 0 aliphatic carbocycles. The number of benzene rings is 1. The topological polar surface area (TPSA) is 49.8 Å². The van der Waals surface area contributed by atoms with Gasteiger partial charge in [0.1, 0.15) is 5.75 Å². The SMILES string of the molecule is COc1ccc(Br)cc1C(C)N1CCC(C(=O)O)CC1. The van der Waals surface area contributed by atoms with Gasteiger partial charge in [-0.3, -0.25) is 9.69 Å². The van der Waals surface area contributed by atoms with Crippen molar-refractivity contribution in [1.82, 2.24) is 4.90 Å². The van der Waals surface area contributed by atoms with Crippen LogP contribution in [-0.4, -0.2) is 36.2 Å². The van der Waals surface area contributed by atoms with E-state index in [0.717, 1.165) is 41.7 Å². The Balaban J connectivity index is 2.10. The van der Waals surface area contributed by atoms with E-state index in [-0.39, 0.29) is 12.0 Å². The summed E-state index contributed by atoms with van der Waals surface area (Å²) < 4.78 is 6.46. The van der Waals surface area contributed by atoms with E-state index < -0.39 is 5.97 Å². The molecule has 110 valence electrons. The first-order valence-corrected chi connectivity index (χ1v) is 7.62. The van der Waals surface area contributed by atoms with Crippen molar-refractivity contribution in [3.05, 3.63) is 28.2 Å². The van der Waals surface area contributed by atoms with Crippen LogP contribution in [0.5, 0.6) is 5.75 Å². The molecule has 0 amide bonds. The molecule has 0 bridgehead atoms. The first-order chi connectivity index (χ1) is 9.52. The summed E-state index contributed by atoms with van der Waals surface area (Å²) >= 11 is 3.49. The van der Waals surface area contributed by atoms with Crippen LogP contribution in [0, 0.1) is 5.92 Å². The molecule has 1 saturated heterocycles. The third-order valence-electron chi connectivity index (χ3n) is 4.07. The van der Waals surface area contributed by atoms with Crippen LogP contribution in [0.15, 0.2) is 22.7 Å². The molecule has 1 aliphatic heterocycles. The molecule has 2 rings (SSSR count). The third-order valence-corrected chi connectivity index (χ3v) is 4.56. The molecule has 0 saturated carbocycles. The van der Waals surface area contributed by atoms with Crippen molar-refractivity contribution in [2.75, 3.05) is 20.2 Å². The number of hydrogen-bond acceptors (Lipinski definition) is 3. The van der Waals surface area contributed by atoms with E-state index in [2.05, 4.69) is 33.8 Å². The molecule has 1 fully saturated rings. The number of carbonyl (C=O) groups is 1. The zero-order valence-electron chi connectivity index (χ0n) is 11.8. The third kappa shape index (κ3) is 3.33. The van der Waals surface area contributed by atoms with Gasteiger partial charge in [-0.25, -0.2) is 0 Å². The van der Waals surface area contributed by atoms with Crippen molar-refractivity contribution in [3.63, 3.8) is 0 Å². The lowest BCUT2D eigenvalue weighted by Crippen LogP contribution is -2.37. The molecule has 5 heteroatoms. The van der Waals surface area contributed by atoms with E-state index in [1.54, 1.807) is 7.11 Å². The number of hydrogen-bond donors (Lipinski definition) is 1. The largest absolute Gasteiger partial charge is 0.496 e. The molecule has 20 heavy (non-hydrogen) atoms. The molecule has 1 N–H and O–H groups in total. The average molecular weight is 342 g/mol. The number of aliphatic carboxylic acids is 1. The predicted molar refractivity (Wildman–Crippen MR) is 81.0 cm³/mol. The summed E-state index contributed by atoms with van der Waals surface area (Å²) in [7, 11) is 1.68. The smallest absolute Gasteiger partial charge is 0.306 e. The molecule has 1 heterocycles. The van der Waals surface area contributed by atoms with Crippen LogP contribution in [0.4, 0.5) is 0 Å². The maximum absolute atomic E-state index is 11.0. The Morgan fingerprint density at radius 2 is 2.10 bits per heavy atom. The Morgan fingerprint density at radius 1 is 1.45 bits per heavy atom. The van der Waals surface area contributed by atoms with Crippen molar-refractivity contribution >= 4 is 21.9 Å². The Labute approximate surface area is 127 Å². The minimum Gasteiger partial charge on any atom is -0.496 e. The molecular weight excluding hydrogens is 322 g/mol. The standard InChI is InChI=1S/C15H20BrNO3/c1-10(13-9-12(16)3-4-14(13)20-2)17-7-5-11(6-8-17)15(18)19/h3-4,9-11H,5-8H2,1-2H3,(H,18,19). The van der Waals surface area contributed by atoms with Gasteiger partial charge in [-0.2, -0.15) is 0 Å². The molecule has 1 atom stereocenters. The fraction of sp³-hybridized carbons (Fsp3) is 0.533. The summed E-state index contributed by atoms with van der Waals surface area (Å²) in [6, 6.07) is 6.22. The number of carboxylic acid groups (broad SMARTS) is 1. The van der Waals surface area contributed by atoms with Crippen LogP contribution < -0.4 is 4.74 Å². The summed E-state index contributed by atoms with van der Waals surface area (Å²) in [5.74, 6) is 0.0150. The number of methoxy groups -OCH3 is 1.